The molecule has 0 amide bonds. The number of carbonyl (C=O) groups excluding carboxylic acids is 1. The second kappa shape index (κ2) is 9.93. The monoisotopic (exact) mass is 427 g/mol. The zero-order chi connectivity index (χ0) is 22.3. The Bertz CT molecular complexity index is 1030. The van der Waals surface area contributed by atoms with Crippen LogP contribution in [0, 0.1) is 0 Å². The fourth-order valence-electron chi connectivity index (χ4n) is 2.69. The Morgan fingerprint density at radius 2 is 1.52 bits per heavy atom. The van der Waals surface area contributed by atoms with Gasteiger partial charge in [-0.05, 0) is 54.4 Å². The summed E-state index contributed by atoms with van der Waals surface area (Å²) in [5.41, 5.74) is 1.85. The maximum Gasteiger partial charge on any atom is 0.416 e. The van der Waals surface area contributed by atoms with Crippen molar-refractivity contribution in [3.05, 3.63) is 101 Å². The molecular formula is C24H20F3NO3. The minimum Gasteiger partial charge on any atom is -0.485 e. The molecule has 3 aromatic rings. The summed E-state index contributed by atoms with van der Waals surface area (Å²) < 4.78 is 43.3. The SMILES string of the molecule is C/C(=N\OCc1ccc(C(F)(F)F)cc1)c1ccc(OCC(=O)c2ccccc2)cc1. The Balaban J connectivity index is 1.50. The number of benzene rings is 3. The third-order valence-electron chi connectivity index (χ3n) is 4.45. The predicted octanol–water partition coefficient (Wildman–Crippen LogP) is 5.91. The van der Waals surface area contributed by atoms with Crippen molar-refractivity contribution >= 4 is 11.5 Å². The van der Waals surface area contributed by atoms with E-state index in [-0.39, 0.29) is 19.0 Å². The summed E-state index contributed by atoms with van der Waals surface area (Å²) in [6.45, 7) is 1.74. The minimum absolute atomic E-state index is 0.0538. The van der Waals surface area contributed by atoms with Gasteiger partial charge >= 0.3 is 6.18 Å². The van der Waals surface area contributed by atoms with Gasteiger partial charge in [0.05, 0.1) is 11.3 Å². The molecule has 3 aromatic carbocycles. The number of nitrogens with zero attached hydrogens (tertiary/aromatic N) is 1. The lowest BCUT2D eigenvalue weighted by molar-refractivity contribution is -0.137. The lowest BCUT2D eigenvalue weighted by Gasteiger charge is -2.08. The van der Waals surface area contributed by atoms with Crippen molar-refractivity contribution in [2.45, 2.75) is 19.7 Å². The van der Waals surface area contributed by atoms with Gasteiger partial charge in [-0.2, -0.15) is 13.2 Å². The molecule has 7 heteroatoms. The van der Waals surface area contributed by atoms with Gasteiger partial charge in [0.15, 0.2) is 12.4 Å². The molecular weight excluding hydrogens is 407 g/mol. The first-order valence-electron chi connectivity index (χ1n) is 9.47. The maximum atomic E-state index is 12.6. The second-order valence-electron chi connectivity index (χ2n) is 6.75. The Morgan fingerprint density at radius 1 is 0.871 bits per heavy atom. The molecule has 0 aliphatic carbocycles. The van der Waals surface area contributed by atoms with Crippen LogP contribution in [-0.4, -0.2) is 18.1 Å². The van der Waals surface area contributed by atoms with E-state index in [1.165, 1.54) is 12.1 Å². The van der Waals surface area contributed by atoms with Crippen LogP contribution < -0.4 is 4.74 Å². The van der Waals surface area contributed by atoms with Gasteiger partial charge < -0.3 is 9.57 Å². The van der Waals surface area contributed by atoms with Crippen LogP contribution in [0.15, 0.2) is 84.0 Å². The molecule has 0 fully saturated rings. The highest BCUT2D eigenvalue weighted by molar-refractivity contribution is 5.98. The number of Topliss-reactive ketones (excluding diaryl/α,β-unsaturated/α-hetero) is 1. The van der Waals surface area contributed by atoms with Crippen LogP contribution >= 0.6 is 0 Å². The summed E-state index contributed by atoms with van der Waals surface area (Å²) in [7, 11) is 0. The van der Waals surface area contributed by atoms with Crippen molar-refractivity contribution in [2.24, 2.45) is 5.16 Å². The number of hydrogen-bond acceptors (Lipinski definition) is 4. The molecule has 0 spiro atoms. The Hall–Kier alpha value is -3.61. The van der Waals surface area contributed by atoms with Crippen molar-refractivity contribution in [3.8, 4) is 5.75 Å². The second-order valence-corrected chi connectivity index (χ2v) is 6.75. The van der Waals surface area contributed by atoms with Gasteiger partial charge in [0.2, 0.25) is 0 Å². The highest BCUT2D eigenvalue weighted by Crippen LogP contribution is 2.29. The van der Waals surface area contributed by atoms with E-state index in [1.54, 1.807) is 55.5 Å². The number of alkyl halides is 3. The van der Waals surface area contributed by atoms with Gasteiger partial charge in [0.1, 0.15) is 12.4 Å². The van der Waals surface area contributed by atoms with Crippen LogP contribution in [0.4, 0.5) is 13.2 Å². The van der Waals surface area contributed by atoms with Crippen molar-refractivity contribution in [3.63, 3.8) is 0 Å². The molecule has 0 saturated heterocycles. The zero-order valence-corrected chi connectivity index (χ0v) is 16.7. The molecule has 0 bridgehead atoms. The summed E-state index contributed by atoms with van der Waals surface area (Å²) in [6, 6.07) is 20.6. The molecule has 0 atom stereocenters. The van der Waals surface area contributed by atoms with Crippen molar-refractivity contribution in [1.82, 2.24) is 0 Å². The van der Waals surface area contributed by atoms with Crippen LogP contribution in [0.1, 0.15) is 34.0 Å². The minimum atomic E-state index is -4.36. The molecule has 4 nitrogen and oxygen atoms in total. The van der Waals surface area contributed by atoms with E-state index in [9.17, 15) is 18.0 Å². The third kappa shape index (κ3) is 6.44. The summed E-state index contributed by atoms with van der Waals surface area (Å²) in [4.78, 5) is 17.3. The molecule has 0 unspecified atom stereocenters. The van der Waals surface area contributed by atoms with Gasteiger partial charge in [0, 0.05) is 5.56 Å². The maximum absolute atomic E-state index is 12.6. The average molecular weight is 427 g/mol. The number of hydrogen-bond donors (Lipinski definition) is 0. The zero-order valence-electron chi connectivity index (χ0n) is 16.7. The summed E-state index contributed by atoms with van der Waals surface area (Å²) in [5.74, 6) is 0.436. The molecule has 3 rings (SSSR count). The topological polar surface area (TPSA) is 47.9 Å². The smallest absolute Gasteiger partial charge is 0.416 e. The summed E-state index contributed by atoms with van der Waals surface area (Å²) in [6.07, 6.45) is -4.36. The number of halogens is 3. The average Bonchev–Trinajstić information content (AvgIpc) is 2.78. The molecule has 160 valence electrons. The largest absolute Gasteiger partial charge is 0.485 e. The Morgan fingerprint density at radius 3 is 2.13 bits per heavy atom. The van der Waals surface area contributed by atoms with Gasteiger partial charge in [-0.3, -0.25) is 4.79 Å². The Kier molecular flexibility index (Phi) is 7.07. The van der Waals surface area contributed by atoms with Crippen LogP contribution in [0.5, 0.6) is 5.75 Å². The lowest BCUT2D eigenvalue weighted by Crippen LogP contribution is -2.11. The summed E-state index contributed by atoms with van der Waals surface area (Å²) in [5, 5.41) is 4.00. The van der Waals surface area contributed by atoms with E-state index >= 15 is 0 Å². The number of ketones is 1. The van der Waals surface area contributed by atoms with E-state index in [4.69, 9.17) is 9.57 Å². The molecule has 0 heterocycles. The first-order chi connectivity index (χ1) is 14.8. The molecule has 0 saturated carbocycles. The molecule has 31 heavy (non-hydrogen) atoms. The van der Waals surface area contributed by atoms with Gasteiger partial charge in [-0.1, -0.05) is 47.6 Å². The van der Waals surface area contributed by atoms with E-state index in [0.717, 1.165) is 17.7 Å². The highest BCUT2D eigenvalue weighted by atomic mass is 19.4. The number of carbonyl (C=O) groups is 1. The normalized spacial score (nSPS) is 11.8. The van der Waals surface area contributed by atoms with Gasteiger partial charge in [-0.15, -0.1) is 0 Å². The Labute approximate surface area is 177 Å². The van der Waals surface area contributed by atoms with Crippen LogP contribution in [0.25, 0.3) is 0 Å². The van der Waals surface area contributed by atoms with Gasteiger partial charge in [0.25, 0.3) is 0 Å². The quantitative estimate of drug-likeness (QED) is 0.255. The standard InChI is InChI=1S/C24H20F3NO3/c1-17(28-31-15-18-7-11-21(12-8-18)24(25,26)27)19-9-13-22(14-10-19)30-16-23(29)20-5-3-2-4-6-20/h2-14H,15-16H2,1H3/b28-17+. The van der Waals surface area contributed by atoms with E-state index in [0.29, 0.717) is 22.6 Å². The van der Waals surface area contributed by atoms with Crippen LogP contribution in [-0.2, 0) is 17.6 Å². The van der Waals surface area contributed by atoms with E-state index in [2.05, 4.69) is 5.16 Å². The number of oxime groups is 1. The van der Waals surface area contributed by atoms with Crippen molar-refractivity contribution in [1.29, 1.82) is 0 Å². The molecule has 0 N–H and O–H groups in total. The highest BCUT2D eigenvalue weighted by Gasteiger charge is 2.29. The van der Waals surface area contributed by atoms with E-state index < -0.39 is 11.7 Å². The van der Waals surface area contributed by atoms with Crippen molar-refractivity contribution < 1.29 is 27.5 Å². The first-order valence-corrected chi connectivity index (χ1v) is 9.47. The molecule has 0 radical (unpaired) electrons. The predicted molar refractivity (Wildman–Crippen MR) is 111 cm³/mol. The van der Waals surface area contributed by atoms with Crippen LogP contribution in [0.2, 0.25) is 0 Å². The molecule has 0 aliphatic heterocycles. The third-order valence-corrected chi connectivity index (χ3v) is 4.45. The fraction of sp³-hybridized carbons (Fsp3) is 0.167. The number of ether oxygens (including phenoxy) is 1. The first kappa shape index (κ1) is 22.1. The van der Waals surface area contributed by atoms with E-state index in [1.807, 2.05) is 6.07 Å². The molecule has 0 aliphatic rings. The molecule has 0 aromatic heterocycles. The fourth-order valence-corrected chi connectivity index (χ4v) is 2.69. The summed E-state index contributed by atoms with van der Waals surface area (Å²) >= 11 is 0. The van der Waals surface area contributed by atoms with Crippen molar-refractivity contribution in [2.75, 3.05) is 6.61 Å². The number of rotatable bonds is 8. The lowest BCUT2D eigenvalue weighted by atomic mass is 10.1. The van der Waals surface area contributed by atoms with Crippen LogP contribution in [0.3, 0.4) is 0 Å². The van der Waals surface area contributed by atoms with Gasteiger partial charge in [-0.25, -0.2) is 0 Å².